The van der Waals surface area contributed by atoms with Gasteiger partial charge < -0.3 is 20.9 Å². The molecule has 94 valence electrons. The molecule has 0 aliphatic heterocycles. The molecule has 0 aliphatic rings. The summed E-state index contributed by atoms with van der Waals surface area (Å²) in [5, 5.41) is 21.2. The van der Waals surface area contributed by atoms with Gasteiger partial charge in [-0.1, -0.05) is 17.3 Å². The number of hydrogen-bond donors (Lipinski definition) is 3. The lowest BCUT2D eigenvalue weighted by Gasteiger charge is -2.25. The zero-order valence-electron chi connectivity index (χ0n) is 10.4. The van der Waals surface area contributed by atoms with Gasteiger partial charge in [0.25, 0.3) is 0 Å². The molecular weight excluding hydrogens is 218 g/mol. The number of rotatable bonds is 4. The van der Waals surface area contributed by atoms with Crippen LogP contribution in [-0.4, -0.2) is 35.8 Å². The van der Waals surface area contributed by atoms with Gasteiger partial charge >= 0.3 is 0 Å². The number of nitrogens with zero attached hydrogens (tertiary/aromatic N) is 2. The SMILES string of the molecule is Cc1cccc(/C(N)=N/O)c1N(C)CC(C)O. The van der Waals surface area contributed by atoms with Crippen molar-refractivity contribution in [3.63, 3.8) is 0 Å². The molecule has 0 saturated carbocycles. The Labute approximate surface area is 101 Å². The van der Waals surface area contributed by atoms with Gasteiger partial charge in [-0.05, 0) is 25.5 Å². The third kappa shape index (κ3) is 3.10. The van der Waals surface area contributed by atoms with E-state index < -0.39 is 6.10 Å². The van der Waals surface area contributed by atoms with Gasteiger partial charge in [-0.25, -0.2) is 0 Å². The molecule has 0 radical (unpaired) electrons. The standard InChI is InChI=1S/C12H19N3O2/c1-8-5-4-6-10(12(13)14-17)11(8)15(3)7-9(2)16/h4-6,9,16-17H,7H2,1-3H3,(H2,13,14). The summed E-state index contributed by atoms with van der Waals surface area (Å²) in [4.78, 5) is 1.90. The van der Waals surface area contributed by atoms with E-state index in [1.807, 2.05) is 31.0 Å². The van der Waals surface area contributed by atoms with Crippen LogP contribution in [-0.2, 0) is 0 Å². The second-order valence-electron chi connectivity index (χ2n) is 4.19. The van der Waals surface area contributed by atoms with E-state index in [2.05, 4.69) is 5.16 Å². The monoisotopic (exact) mass is 237 g/mol. The minimum Gasteiger partial charge on any atom is -0.409 e. The highest BCUT2D eigenvalue weighted by molar-refractivity contribution is 6.02. The maximum atomic E-state index is 9.41. The molecule has 17 heavy (non-hydrogen) atoms. The second-order valence-corrected chi connectivity index (χ2v) is 4.19. The van der Waals surface area contributed by atoms with Crippen molar-refractivity contribution in [1.29, 1.82) is 0 Å². The highest BCUT2D eigenvalue weighted by atomic mass is 16.4. The van der Waals surface area contributed by atoms with E-state index >= 15 is 0 Å². The number of benzene rings is 1. The lowest BCUT2D eigenvalue weighted by molar-refractivity contribution is 0.201. The third-order valence-corrected chi connectivity index (χ3v) is 2.54. The number of hydrogen-bond acceptors (Lipinski definition) is 4. The molecule has 0 aromatic heterocycles. The smallest absolute Gasteiger partial charge is 0.172 e. The van der Waals surface area contributed by atoms with E-state index in [4.69, 9.17) is 10.9 Å². The number of amidine groups is 1. The highest BCUT2D eigenvalue weighted by Gasteiger charge is 2.14. The Balaban J connectivity index is 3.20. The van der Waals surface area contributed by atoms with E-state index in [0.717, 1.165) is 11.3 Å². The van der Waals surface area contributed by atoms with Gasteiger partial charge in [-0.2, -0.15) is 0 Å². The summed E-state index contributed by atoms with van der Waals surface area (Å²) in [5.41, 5.74) is 8.18. The number of aliphatic hydroxyl groups excluding tert-OH is 1. The third-order valence-electron chi connectivity index (χ3n) is 2.54. The molecule has 5 nitrogen and oxygen atoms in total. The Morgan fingerprint density at radius 1 is 1.53 bits per heavy atom. The van der Waals surface area contributed by atoms with Crippen molar-refractivity contribution in [2.24, 2.45) is 10.9 Å². The summed E-state index contributed by atoms with van der Waals surface area (Å²) in [6, 6.07) is 5.58. The molecule has 5 heteroatoms. The maximum Gasteiger partial charge on any atom is 0.172 e. The molecule has 0 spiro atoms. The average molecular weight is 237 g/mol. The number of aryl methyl sites for hydroxylation is 1. The van der Waals surface area contributed by atoms with Gasteiger partial charge in [0.15, 0.2) is 5.84 Å². The van der Waals surface area contributed by atoms with Crippen LogP contribution in [0.3, 0.4) is 0 Å². The number of anilines is 1. The Morgan fingerprint density at radius 3 is 2.71 bits per heavy atom. The summed E-state index contributed by atoms with van der Waals surface area (Å²) in [6.45, 7) is 4.15. The first-order chi connectivity index (χ1) is 7.97. The van der Waals surface area contributed by atoms with Crippen molar-refractivity contribution in [2.45, 2.75) is 20.0 Å². The Kier molecular flexibility index (Phi) is 4.34. The Hall–Kier alpha value is -1.75. The molecule has 0 amide bonds. The molecule has 0 saturated heterocycles. The van der Waals surface area contributed by atoms with Crippen LogP contribution in [0.1, 0.15) is 18.1 Å². The normalized spacial score (nSPS) is 13.5. The average Bonchev–Trinajstić information content (AvgIpc) is 2.26. The van der Waals surface area contributed by atoms with E-state index in [1.54, 1.807) is 13.0 Å². The molecule has 0 bridgehead atoms. The summed E-state index contributed by atoms with van der Waals surface area (Å²) in [7, 11) is 1.86. The molecule has 0 aliphatic carbocycles. The zero-order valence-corrected chi connectivity index (χ0v) is 10.4. The number of likely N-dealkylation sites (N-methyl/N-ethyl adjacent to an activating group) is 1. The lowest BCUT2D eigenvalue weighted by atomic mass is 10.1. The molecule has 0 fully saturated rings. The molecule has 4 N–H and O–H groups in total. The minimum atomic E-state index is -0.445. The van der Waals surface area contributed by atoms with E-state index in [-0.39, 0.29) is 5.84 Å². The van der Waals surface area contributed by atoms with E-state index in [1.165, 1.54) is 0 Å². The Bertz CT molecular complexity index is 416. The van der Waals surface area contributed by atoms with Crippen molar-refractivity contribution in [3.8, 4) is 0 Å². The molecule has 1 atom stereocenters. The molecule has 1 unspecified atom stereocenters. The van der Waals surface area contributed by atoms with Crippen LogP contribution in [0.2, 0.25) is 0 Å². The van der Waals surface area contributed by atoms with Crippen LogP contribution >= 0.6 is 0 Å². The Morgan fingerprint density at radius 2 is 2.18 bits per heavy atom. The molecule has 1 aromatic carbocycles. The van der Waals surface area contributed by atoms with Gasteiger partial charge in [0.05, 0.1) is 11.8 Å². The molecular formula is C12H19N3O2. The van der Waals surface area contributed by atoms with Gasteiger partial charge in [-0.15, -0.1) is 0 Å². The fourth-order valence-electron chi connectivity index (χ4n) is 1.91. The van der Waals surface area contributed by atoms with Crippen LogP contribution in [0.5, 0.6) is 0 Å². The summed E-state index contributed by atoms with van der Waals surface area (Å²) in [6.07, 6.45) is -0.445. The quantitative estimate of drug-likeness (QED) is 0.314. The molecule has 1 aromatic rings. The number of aliphatic hydroxyl groups is 1. The topological polar surface area (TPSA) is 82.1 Å². The summed E-state index contributed by atoms with van der Waals surface area (Å²) in [5.74, 6) is 0.0705. The first-order valence-corrected chi connectivity index (χ1v) is 5.44. The highest BCUT2D eigenvalue weighted by Crippen LogP contribution is 2.24. The van der Waals surface area contributed by atoms with Gasteiger partial charge in [-0.3, -0.25) is 0 Å². The fraction of sp³-hybridized carbons (Fsp3) is 0.417. The first-order valence-electron chi connectivity index (χ1n) is 5.44. The van der Waals surface area contributed by atoms with Crippen LogP contribution in [0.15, 0.2) is 23.4 Å². The van der Waals surface area contributed by atoms with Crippen LogP contribution in [0, 0.1) is 6.92 Å². The maximum absolute atomic E-state index is 9.41. The van der Waals surface area contributed by atoms with Crippen molar-refractivity contribution >= 4 is 11.5 Å². The molecule has 0 heterocycles. The number of nitrogens with two attached hydrogens (primary N) is 1. The fourth-order valence-corrected chi connectivity index (χ4v) is 1.91. The second kappa shape index (κ2) is 5.54. The van der Waals surface area contributed by atoms with Crippen LogP contribution in [0.4, 0.5) is 5.69 Å². The van der Waals surface area contributed by atoms with E-state index in [9.17, 15) is 5.11 Å². The predicted octanol–water partition coefficient (Wildman–Crippen LogP) is 0.907. The number of para-hydroxylation sites is 1. The largest absolute Gasteiger partial charge is 0.409 e. The van der Waals surface area contributed by atoms with Crippen LogP contribution in [0.25, 0.3) is 0 Å². The van der Waals surface area contributed by atoms with Crippen molar-refractivity contribution < 1.29 is 10.3 Å². The zero-order chi connectivity index (χ0) is 13.0. The predicted molar refractivity (Wildman–Crippen MR) is 68.6 cm³/mol. The number of oxime groups is 1. The minimum absolute atomic E-state index is 0.0705. The van der Waals surface area contributed by atoms with E-state index in [0.29, 0.717) is 12.1 Å². The lowest BCUT2D eigenvalue weighted by Crippen LogP contribution is -2.30. The van der Waals surface area contributed by atoms with Gasteiger partial charge in [0.1, 0.15) is 0 Å². The first kappa shape index (κ1) is 13.3. The van der Waals surface area contributed by atoms with Crippen molar-refractivity contribution in [1.82, 2.24) is 0 Å². The molecule has 1 rings (SSSR count). The van der Waals surface area contributed by atoms with Crippen LogP contribution < -0.4 is 10.6 Å². The van der Waals surface area contributed by atoms with Crippen molar-refractivity contribution in [2.75, 3.05) is 18.5 Å². The van der Waals surface area contributed by atoms with Gasteiger partial charge in [0, 0.05) is 19.2 Å². The van der Waals surface area contributed by atoms with Crippen molar-refractivity contribution in [3.05, 3.63) is 29.3 Å². The summed E-state index contributed by atoms with van der Waals surface area (Å²) < 4.78 is 0. The van der Waals surface area contributed by atoms with Gasteiger partial charge in [0.2, 0.25) is 0 Å². The summed E-state index contributed by atoms with van der Waals surface area (Å²) >= 11 is 0.